The van der Waals surface area contributed by atoms with Crippen molar-refractivity contribution < 1.29 is 14.3 Å². The van der Waals surface area contributed by atoms with E-state index in [0.29, 0.717) is 22.9 Å². The molecule has 0 saturated heterocycles. The van der Waals surface area contributed by atoms with Gasteiger partial charge in [-0.05, 0) is 46.5 Å². The van der Waals surface area contributed by atoms with Gasteiger partial charge >= 0.3 is 5.97 Å². The largest absolute Gasteiger partial charge is 0.481 e. The quantitative estimate of drug-likeness (QED) is 0.899. The maximum Gasteiger partial charge on any atom is 0.314 e. The van der Waals surface area contributed by atoms with Crippen molar-refractivity contribution in [3.63, 3.8) is 0 Å². The van der Waals surface area contributed by atoms with Crippen molar-refractivity contribution in [1.82, 2.24) is 0 Å². The molecule has 0 unspecified atom stereocenters. The molecule has 0 heterocycles. The van der Waals surface area contributed by atoms with Crippen LogP contribution in [-0.4, -0.2) is 11.1 Å². The lowest BCUT2D eigenvalue weighted by atomic mass is 9.64. The van der Waals surface area contributed by atoms with Crippen LogP contribution in [0.1, 0.15) is 24.8 Å². The average molecular weight is 273 g/mol. The van der Waals surface area contributed by atoms with Gasteiger partial charge in [0.05, 0.1) is 9.89 Å². The van der Waals surface area contributed by atoms with Crippen molar-refractivity contribution >= 4 is 21.9 Å². The van der Waals surface area contributed by atoms with Gasteiger partial charge in [0.15, 0.2) is 0 Å². The molecular weight excluding hydrogens is 263 g/mol. The van der Waals surface area contributed by atoms with Crippen molar-refractivity contribution in [2.24, 2.45) is 0 Å². The van der Waals surface area contributed by atoms with Crippen LogP contribution in [0.3, 0.4) is 0 Å². The van der Waals surface area contributed by atoms with E-state index in [0.717, 1.165) is 6.42 Å². The maximum atomic E-state index is 13.3. The van der Waals surface area contributed by atoms with Crippen LogP contribution in [0.4, 0.5) is 4.39 Å². The Labute approximate surface area is 95.2 Å². The fourth-order valence-corrected chi connectivity index (χ4v) is 2.20. The van der Waals surface area contributed by atoms with Gasteiger partial charge < -0.3 is 5.11 Å². The van der Waals surface area contributed by atoms with E-state index in [1.54, 1.807) is 12.1 Å². The van der Waals surface area contributed by atoms with Crippen LogP contribution in [0.15, 0.2) is 22.7 Å². The summed E-state index contributed by atoms with van der Waals surface area (Å²) < 4.78 is 13.7. The summed E-state index contributed by atoms with van der Waals surface area (Å²) in [6.45, 7) is 0. The van der Waals surface area contributed by atoms with Gasteiger partial charge in [0.1, 0.15) is 5.82 Å². The topological polar surface area (TPSA) is 37.3 Å². The van der Waals surface area contributed by atoms with Crippen LogP contribution >= 0.6 is 15.9 Å². The zero-order chi connectivity index (χ0) is 11.1. The number of halogens is 2. The Morgan fingerprint density at radius 3 is 2.53 bits per heavy atom. The molecule has 2 nitrogen and oxygen atoms in total. The third-order valence-electron chi connectivity index (χ3n) is 3.09. The molecule has 0 bridgehead atoms. The predicted molar refractivity (Wildman–Crippen MR) is 57.3 cm³/mol. The first-order valence-electron chi connectivity index (χ1n) is 4.75. The lowest BCUT2D eigenvalue weighted by molar-refractivity contribution is -0.147. The van der Waals surface area contributed by atoms with E-state index in [2.05, 4.69) is 15.9 Å². The zero-order valence-corrected chi connectivity index (χ0v) is 9.55. The third-order valence-corrected chi connectivity index (χ3v) is 3.73. The van der Waals surface area contributed by atoms with E-state index in [4.69, 9.17) is 5.11 Å². The maximum absolute atomic E-state index is 13.3. The normalized spacial score (nSPS) is 18.3. The fraction of sp³-hybridized carbons (Fsp3) is 0.364. The summed E-state index contributed by atoms with van der Waals surface area (Å²) in [5.41, 5.74) is -0.274. The number of carboxylic acid groups (broad SMARTS) is 1. The molecule has 0 radical (unpaired) electrons. The number of hydrogen-bond donors (Lipinski definition) is 1. The summed E-state index contributed by atoms with van der Waals surface area (Å²) in [5.74, 6) is -1.25. The molecule has 0 aliphatic heterocycles. The van der Waals surface area contributed by atoms with Crippen molar-refractivity contribution in [3.8, 4) is 0 Å². The molecule has 1 fully saturated rings. The van der Waals surface area contributed by atoms with E-state index >= 15 is 0 Å². The highest BCUT2D eigenvalue weighted by molar-refractivity contribution is 9.10. The fourth-order valence-electron chi connectivity index (χ4n) is 1.95. The second kappa shape index (κ2) is 3.59. The van der Waals surface area contributed by atoms with Crippen molar-refractivity contribution in [1.29, 1.82) is 0 Å². The number of carbonyl (C=O) groups is 1. The van der Waals surface area contributed by atoms with Gasteiger partial charge in [-0.3, -0.25) is 4.79 Å². The standard InChI is InChI=1S/C11H10BrFO2/c12-8-3-2-7(6-9(8)13)11(10(14)15)4-1-5-11/h2-3,6H,1,4-5H2,(H,14,15). The summed E-state index contributed by atoms with van der Waals surface area (Å²) in [6, 6.07) is 4.56. The molecule has 0 atom stereocenters. The smallest absolute Gasteiger partial charge is 0.314 e. The molecule has 80 valence electrons. The summed E-state index contributed by atoms with van der Waals surface area (Å²) in [7, 11) is 0. The zero-order valence-electron chi connectivity index (χ0n) is 7.96. The Morgan fingerprint density at radius 1 is 1.47 bits per heavy atom. The minimum atomic E-state index is -0.851. The summed E-state index contributed by atoms with van der Waals surface area (Å²) in [6.07, 6.45) is 2.09. The van der Waals surface area contributed by atoms with Crippen LogP contribution in [-0.2, 0) is 10.2 Å². The van der Waals surface area contributed by atoms with Crippen molar-refractivity contribution in [2.75, 3.05) is 0 Å². The number of hydrogen-bond acceptors (Lipinski definition) is 1. The van der Waals surface area contributed by atoms with E-state index in [1.807, 2.05) is 0 Å². The second-order valence-corrected chi connectivity index (χ2v) is 4.72. The minimum Gasteiger partial charge on any atom is -0.481 e. The molecule has 0 amide bonds. The molecular formula is C11H10BrFO2. The van der Waals surface area contributed by atoms with Crippen molar-refractivity contribution in [2.45, 2.75) is 24.7 Å². The molecule has 2 rings (SSSR count). The Balaban J connectivity index is 2.44. The Bertz CT molecular complexity index is 413. The lowest BCUT2D eigenvalue weighted by Crippen LogP contribution is -2.42. The van der Waals surface area contributed by atoms with E-state index in [1.165, 1.54) is 6.07 Å². The van der Waals surface area contributed by atoms with E-state index < -0.39 is 17.2 Å². The molecule has 1 aliphatic carbocycles. The summed E-state index contributed by atoms with van der Waals surface area (Å²) in [4.78, 5) is 11.2. The number of carboxylic acids is 1. The highest BCUT2D eigenvalue weighted by atomic mass is 79.9. The van der Waals surface area contributed by atoms with Gasteiger partial charge in [-0.25, -0.2) is 4.39 Å². The van der Waals surface area contributed by atoms with Gasteiger partial charge in [-0.2, -0.15) is 0 Å². The molecule has 4 heteroatoms. The van der Waals surface area contributed by atoms with Gasteiger partial charge in [0.25, 0.3) is 0 Å². The summed E-state index contributed by atoms with van der Waals surface area (Å²) in [5, 5.41) is 9.16. The Hall–Kier alpha value is -0.900. The monoisotopic (exact) mass is 272 g/mol. The molecule has 0 aromatic heterocycles. The first-order valence-corrected chi connectivity index (χ1v) is 5.54. The van der Waals surface area contributed by atoms with Gasteiger partial charge in [-0.1, -0.05) is 12.5 Å². The number of rotatable bonds is 2. The molecule has 0 spiro atoms. The first kappa shape index (κ1) is 10.6. The van der Waals surface area contributed by atoms with Crippen molar-refractivity contribution in [3.05, 3.63) is 34.1 Å². The summed E-state index contributed by atoms with van der Waals surface area (Å²) >= 11 is 3.05. The molecule has 1 aromatic rings. The van der Waals surface area contributed by atoms with E-state index in [-0.39, 0.29) is 0 Å². The lowest BCUT2D eigenvalue weighted by Gasteiger charge is -2.38. The third kappa shape index (κ3) is 1.57. The molecule has 1 saturated carbocycles. The molecule has 1 aromatic carbocycles. The van der Waals surface area contributed by atoms with Crippen LogP contribution in [0.5, 0.6) is 0 Å². The molecule has 15 heavy (non-hydrogen) atoms. The number of aliphatic carboxylic acids is 1. The second-order valence-electron chi connectivity index (χ2n) is 3.87. The Kier molecular flexibility index (Phi) is 2.54. The highest BCUT2D eigenvalue weighted by Gasteiger charge is 2.46. The Morgan fingerprint density at radius 2 is 2.13 bits per heavy atom. The number of benzene rings is 1. The van der Waals surface area contributed by atoms with E-state index in [9.17, 15) is 9.18 Å². The van der Waals surface area contributed by atoms with Gasteiger partial charge in [0, 0.05) is 0 Å². The average Bonchev–Trinajstić information content (AvgIpc) is 2.08. The van der Waals surface area contributed by atoms with Crippen LogP contribution < -0.4 is 0 Å². The highest BCUT2D eigenvalue weighted by Crippen LogP contribution is 2.44. The molecule has 1 aliphatic rings. The van der Waals surface area contributed by atoms with Gasteiger partial charge in [-0.15, -0.1) is 0 Å². The van der Waals surface area contributed by atoms with Crippen LogP contribution in [0, 0.1) is 5.82 Å². The van der Waals surface area contributed by atoms with Gasteiger partial charge in [0.2, 0.25) is 0 Å². The predicted octanol–water partition coefficient (Wildman–Crippen LogP) is 3.09. The van der Waals surface area contributed by atoms with Crippen LogP contribution in [0.25, 0.3) is 0 Å². The molecule has 1 N–H and O–H groups in total. The van der Waals surface area contributed by atoms with Crippen LogP contribution in [0.2, 0.25) is 0 Å². The SMILES string of the molecule is O=C(O)C1(c2ccc(Br)c(F)c2)CCC1. The minimum absolute atomic E-state index is 0.367. The first-order chi connectivity index (χ1) is 7.06.